The minimum Gasteiger partial charge on any atom is -0.306 e. The SMILES string of the molecule is CCCCCCN1C(=O)C2=C(c3ccc(C=C4C(=O)c5ccccc5C4=O)s3)N(CCCCCC)C(=O)C2=C1c1ccc(C=C2C(=O)c3ccccc3C2=O)s1. The third kappa shape index (κ3) is 6.40. The van der Waals surface area contributed by atoms with Crippen LogP contribution in [-0.2, 0) is 9.59 Å². The molecule has 2 aromatic heterocycles. The van der Waals surface area contributed by atoms with Gasteiger partial charge in [0.15, 0.2) is 23.1 Å². The number of unbranched alkanes of at least 4 members (excludes halogenated alkanes) is 6. The molecule has 0 fully saturated rings. The quantitative estimate of drug-likeness (QED) is 0.0717. The Bertz CT molecular complexity index is 2240. The van der Waals surface area contributed by atoms with Crippen LogP contribution in [0.25, 0.3) is 23.5 Å². The minimum atomic E-state index is -0.312. The summed E-state index contributed by atoms with van der Waals surface area (Å²) < 4.78 is 0. The van der Waals surface area contributed by atoms with E-state index in [0.29, 0.717) is 77.4 Å². The van der Waals surface area contributed by atoms with Gasteiger partial charge in [0, 0.05) is 45.1 Å². The number of hydrogen-bond acceptors (Lipinski definition) is 8. The first-order chi connectivity index (χ1) is 27.2. The average Bonchev–Trinajstić information content (AvgIpc) is 4.05. The molecular formula is C46H40N2O6S2. The number of fused-ring (bicyclic) bond motifs is 3. The molecule has 2 aromatic carbocycles. The summed E-state index contributed by atoms with van der Waals surface area (Å²) in [5.74, 6) is -1.72. The van der Waals surface area contributed by atoms with E-state index in [1.807, 2.05) is 24.3 Å². The maximum atomic E-state index is 14.7. The Labute approximate surface area is 333 Å². The normalized spacial score (nSPS) is 16.3. The predicted molar refractivity (Wildman–Crippen MR) is 220 cm³/mol. The van der Waals surface area contributed by atoms with Crippen LogP contribution in [0.3, 0.4) is 0 Å². The molecule has 4 aliphatic rings. The molecule has 2 amide bonds. The van der Waals surface area contributed by atoms with Crippen molar-refractivity contribution in [2.24, 2.45) is 0 Å². The van der Waals surface area contributed by atoms with E-state index in [9.17, 15) is 28.8 Å². The van der Waals surface area contributed by atoms with Gasteiger partial charge >= 0.3 is 0 Å². The van der Waals surface area contributed by atoms with E-state index < -0.39 is 0 Å². The zero-order valence-electron chi connectivity index (χ0n) is 31.3. The molecule has 0 N–H and O–H groups in total. The number of thiophene rings is 2. The zero-order chi connectivity index (χ0) is 39.1. The highest BCUT2D eigenvalue weighted by molar-refractivity contribution is 7.14. The maximum Gasteiger partial charge on any atom is 0.261 e. The number of hydrogen-bond donors (Lipinski definition) is 0. The highest BCUT2D eigenvalue weighted by Gasteiger charge is 2.49. The lowest BCUT2D eigenvalue weighted by Crippen LogP contribution is -2.30. The standard InChI is InChI=1S/C46H40N2O6S2/c1-3-5-7-13-23-47-39(35-21-19-27(55-35)25-33-41(49)29-15-9-10-16-30(29)42(33)50)37-38(45(47)53)40(48(46(37)54)24-14-8-6-4-2)36-22-20-28(56-36)26-34-43(51)31-17-11-12-18-32(31)44(34)52/h9-12,15-22,25-26H,3-8,13-14,23-24H2,1-2H3. The molecule has 2 aliphatic heterocycles. The van der Waals surface area contributed by atoms with E-state index in [1.54, 1.807) is 70.5 Å². The van der Waals surface area contributed by atoms with Crippen molar-refractivity contribution in [1.29, 1.82) is 0 Å². The molecule has 2 aliphatic carbocycles. The second-order valence-corrected chi connectivity index (χ2v) is 16.6. The summed E-state index contributed by atoms with van der Waals surface area (Å²) >= 11 is 2.69. The molecule has 10 heteroatoms. The molecule has 282 valence electrons. The topological polar surface area (TPSA) is 109 Å². The van der Waals surface area contributed by atoms with Gasteiger partial charge in [0.05, 0.1) is 43.4 Å². The summed E-state index contributed by atoms with van der Waals surface area (Å²) in [6.07, 6.45) is 10.7. The number of ketones is 4. The van der Waals surface area contributed by atoms with Crippen LogP contribution >= 0.6 is 22.7 Å². The zero-order valence-corrected chi connectivity index (χ0v) is 32.9. The molecule has 0 radical (unpaired) electrons. The van der Waals surface area contributed by atoms with Gasteiger partial charge in [-0.2, -0.15) is 0 Å². The average molecular weight is 781 g/mol. The fraction of sp³-hybridized carbons (Fsp3) is 0.261. The first kappa shape index (κ1) is 37.3. The van der Waals surface area contributed by atoms with Crippen LogP contribution in [0, 0.1) is 0 Å². The fourth-order valence-electron chi connectivity index (χ4n) is 7.94. The Balaban J connectivity index is 1.21. The van der Waals surface area contributed by atoms with Crippen molar-refractivity contribution in [3.05, 3.63) is 137 Å². The molecular weight excluding hydrogens is 741 g/mol. The van der Waals surface area contributed by atoms with Crippen molar-refractivity contribution < 1.29 is 28.8 Å². The number of Topliss-reactive ketones (excluding diaryl/α,β-unsaturated/α-hetero) is 4. The number of carbonyl (C=O) groups excluding carboxylic acids is 6. The lowest BCUT2D eigenvalue weighted by Gasteiger charge is -2.24. The molecule has 4 aromatic rings. The van der Waals surface area contributed by atoms with Gasteiger partial charge in [0.1, 0.15) is 0 Å². The van der Waals surface area contributed by atoms with E-state index in [1.165, 1.54) is 22.7 Å². The van der Waals surface area contributed by atoms with Gasteiger partial charge in [0.25, 0.3) is 11.8 Å². The Kier molecular flexibility index (Phi) is 10.3. The molecule has 8 rings (SSSR count). The van der Waals surface area contributed by atoms with E-state index in [-0.39, 0.29) is 46.1 Å². The molecule has 0 bridgehead atoms. The van der Waals surface area contributed by atoms with Crippen LogP contribution in [0.15, 0.2) is 95.1 Å². The summed E-state index contributed by atoms with van der Waals surface area (Å²) in [6.45, 7) is 5.13. The van der Waals surface area contributed by atoms with E-state index in [4.69, 9.17) is 0 Å². The largest absolute Gasteiger partial charge is 0.306 e. The molecule has 56 heavy (non-hydrogen) atoms. The van der Waals surface area contributed by atoms with Crippen molar-refractivity contribution in [1.82, 2.24) is 9.80 Å². The number of benzene rings is 2. The number of allylic oxidation sites excluding steroid dienone is 2. The second kappa shape index (κ2) is 15.5. The monoisotopic (exact) mass is 780 g/mol. The van der Waals surface area contributed by atoms with Crippen molar-refractivity contribution in [2.45, 2.75) is 65.2 Å². The van der Waals surface area contributed by atoms with Crippen LogP contribution in [0.4, 0.5) is 0 Å². The summed E-state index contributed by atoms with van der Waals surface area (Å²) in [6, 6.07) is 21.0. The van der Waals surface area contributed by atoms with E-state index in [0.717, 1.165) is 51.4 Å². The second-order valence-electron chi connectivity index (χ2n) is 14.4. The number of rotatable bonds is 14. The van der Waals surface area contributed by atoms with E-state index in [2.05, 4.69) is 13.8 Å². The smallest absolute Gasteiger partial charge is 0.261 e. The van der Waals surface area contributed by atoms with Gasteiger partial charge < -0.3 is 9.80 Å². The lowest BCUT2D eigenvalue weighted by molar-refractivity contribution is -0.124. The summed E-state index contributed by atoms with van der Waals surface area (Å²) in [4.78, 5) is 88.5. The van der Waals surface area contributed by atoms with Crippen LogP contribution < -0.4 is 0 Å². The number of amides is 2. The molecule has 4 heterocycles. The summed E-state index contributed by atoms with van der Waals surface area (Å²) in [7, 11) is 0. The Morgan fingerprint density at radius 3 is 1.16 bits per heavy atom. The van der Waals surface area contributed by atoms with E-state index >= 15 is 0 Å². The van der Waals surface area contributed by atoms with Gasteiger partial charge in [0.2, 0.25) is 0 Å². The first-order valence-electron chi connectivity index (χ1n) is 19.4. The van der Waals surface area contributed by atoms with Crippen LogP contribution in [0.2, 0.25) is 0 Å². The molecule has 0 saturated carbocycles. The molecule has 0 atom stereocenters. The summed E-state index contributed by atoms with van der Waals surface area (Å²) in [5, 5.41) is 0. The third-order valence-corrected chi connectivity index (χ3v) is 12.8. The predicted octanol–water partition coefficient (Wildman–Crippen LogP) is 9.70. The van der Waals surface area contributed by atoms with Gasteiger partial charge in [-0.3, -0.25) is 28.8 Å². The molecule has 0 spiro atoms. The van der Waals surface area contributed by atoms with Crippen molar-refractivity contribution >= 4 is 81.2 Å². The number of carbonyl (C=O) groups is 6. The van der Waals surface area contributed by atoms with Gasteiger partial charge in [-0.15, -0.1) is 22.7 Å². The van der Waals surface area contributed by atoms with Crippen LogP contribution in [0.5, 0.6) is 0 Å². The van der Waals surface area contributed by atoms with Crippen molar-refractivity contribution in [3.63, 3.8) is 0 Å². The molecule has 0 saturated heterocycles. The van der Waals surface area contributed by atoms with Gasteiger partial charge in [-0.1, -0.05) is 101 Å². The van der Waals surface area contributed by atoms with Crippen molar-refractivity contribution in [3.8, 4) is 0 Å². The van der Waals surface area contributed by atoms with Gasteiger partial charge in [-0.25, -0.2) is 0 Å². The van der Waals surface area contributed by atoms with Crippen LogP contribution in [-0.4, -0.2) is 57.8 Å². The number of nitrogens with zero attached hydrogens (tertiary/aromatic N) is 2. The highest BCUT2D eigenvalue weighted by Crippen LogP contribution is 2.49. The minimum absolute atomic E-state index is 0.0996. The molecule has 0 unspecified atom stereocenters. The lowest BCUT2D eigenvalue weighted by atomic mass is 10.1. The van der Waals surface area contributed by atoms with Crippen molar-refractivity contribution in [2.75, 3.05) is 13.1 Å². The third-order valence-electron chi connectivity index (χ3n) is 10.8. The highest BCUT2D eigenvalue weighted by atomic mass is 32.1. The summed E-state index contributed by atoms with van der Waals surface area (Å²) in [5.41, 5.74) is 3.60. The first-order valence-corrected chi connectivity index (χ1v) is 21.0. The Morgan fingerprint density at radius 1 is 0.464 bits per heavy atom. The Morgan fingerprint density at radius 2 is 0.821 bits per heavy atom. The van der Waals surface area contributed by atoms with Gasteiger partial charge in [-0.05, 0) is 49.3 Å². The Hall–Kier alpha value is -5.58. The van der Waals surface area contributed by atoms with Crippen LogP contribution in [0.1, 0.15) is 126 Å². The molecule has 8 nitrogen and oxygen atoms in total. The fourth-order valence-corrected chi connectivity index (χ4v) is 9.96. The maximum absolute atomic E-state index is 14.7.